The molecule has 9 heteroatoms. The normalized spacial score (nSPS) is 14.5. The molecule has 5 aromatic rings. The Bertz CT molecular complexity index is 1630. The number of pyridine rings is 1. The van der Waals surface area contributed by atoms with Gasteiger partial charge in [0.25, 0.3) is 0 Å². The summed E-state index contributed by atoms with van der Waals surface area (Å²) in [6.07, 6.45) is 5.25. The predicted octanol–water partition coefficient (Wildman–Crippen LogP) is 5.50. The molecule has 2 N–H and O–H groups in total. The SMILES string of the molecule is N#Cc1cc(-c2ccccc2)c(-c2ccc(CN3CCC(n4ncc5c(N)ncnc54)CC3)cc2)nc1Cl. The van der Waals surface area contributed by atoms with E-state index in [2.05, 4.69) is 55.3 Å². The summed E-state index contributed by atoms with van der Waals surface area (Å²) in [5.74, 6) is 0.469. The molecule has 0 saturated carbocycles. The largest absolute Gasteiger partial charge is 0.383 e. The smallest absolute Gasteiger partial charge is 0.163 e. The van der Waals surface area contributed by atoms with Gasteiger partial charge in [0.1, 0.15) is 23.4 Å². The number of aromatic nitrogens is 5. The highest BCUT2D eigenvalue weighted by Gasteiger charge is 2.23. The molecule has 0 aliphatic carbocycles. The third-order valence-corrected chi connectivity index (χ3v) is 7.43. The van der Waals surface area contributed by atoms with Crippen molar-refractivity contribution >= 4 is 28.5 Å². The maximum Gasteiger partial charge on any atom is 0.163 e. The summed E-state index contributed by atoms with van der Waals surface area (Å²) in [6, 6.07) is 22.7. The first-order valence-electron chi connectivity index (χ1n) is 12.5. The van der Waals surface area contributed by atoms with Crippen LogP contribution in [-0.4, -0.2) is 42.7 Å². The minimum Gasteiger partial charge on any atom is -0.383 e. The molecular weight excluding hydrogens is 496 g/mol. The van der Waals surface area contributed by atoms with E-state index >= 15 is 0 Å². The average Bonchev–Trinajstić information content (AvgIpc) is 3.40. The highest BCUT2D eigenvalue weighted by atomic mass is 35.5. The second-order valence-electron chi connectivity index (χ2n) is 9.49. The van der Waals surface area contributed by atoms with Gasteiger partial charge in [-0.25, -0.2) is 19.6 Å². The van der Waals surface area contributed by atoms with Crippen molar-refractivity contribution < 1.29 is 0 Å². The van der Waals surface area contributed by atoms with Crippen molar-refractivity contribution in [3.63, 3.8) is 0 Å². The van der Waals surface area contributed by atoms with Gasteiger partial charge in [0.15, 0.2) is 5.65 Å². The Morgan fingerprint density at radius 3 is 2.50 bits per heavy atom. The van der Waals surface area contributed by atoms with Gasteiger partial charge in [0.2, 0.25) is 0 Å². The number of hydrogen-bond acceptors (Lipinski definition) is 7. The van der Waals surface area contributed by atoms with Gasteiger partial charge in [-0.05, 0) is 30.0 Å². The van der Waals surface area contributed by atoms with Crippen LogP contribution < -0.4 is 5.73 Å². The van der Waals surface area contributed by atoms with Crippen molar-refractivity contribution in [1.29, 1.82) is 5.26 Å². The molecule has 0 amide bonds. The van der Waals surface area contributed by atoms with Crippen LogP contribution in [0.5, 0.6) is 0 Å². The Kier molecular flexibility index (Phi) is 6.46. The maximum absolute atomic E-state index is 9.48. The minimum absolute atomic E-state index is 0.216. The fourth-order valence-corrected chi connectivity index (χ4v) is 5.30. The Morgan fingerprint density at radius 2 is 1.76 bits per heavy atom. The molecule has 0 atom stereocenters. The molecule has 188 valence electrons. The van der Waals surface area contributed by atoms with Crippen LogP contribution in [0.15, 0.2) is 73.2 Å². The van der Waals surface area contributed by atoms with Crippen molar-refractivity contribution in [2.75, 3.05) is 18.8 Å². The fraction of sp³-hybridized carbons (Fsp3) is 0.207. The number of halogens is 1. The standard InChI is InChI=1S/C29H25ClN8/c30-27-22(15-31)14-24(20-4-2-1-3-5-20)26(36-27)21-8-6-19(7-9-21)17-37-12-10-23(11-13-37)38-29-25(16-35-38)28(32)33-18-34-29/h1-9,14,16,18,23H,10-13,17H2,(H2,32,33,34). The average molecular weight is 521 g/mol. The van der Waals surface area contributed by atoms with Crippen LogP contribution in [0.3, 0.4) is 0 Å². The summed E-state index contributed by atoms with van der Waals surface area (Å²) in [5, 5.41) is 15.1. The molecular formula is C29H25ClN8. The zero-order valence-corrected chi connectivity index (χ0v) is 21.4. The number of piperidine rings is 1. The molecule has 38 heavy (non-hydrogen) atoms. The lowest BCUT2D eigenvalue weighted by Gasteiger charge is -2.32. The van der Waals surface area contributed by atoms with E-state index in [9.17, 15) is 5.26 Å². The highest BCUT2D eigenvalue weighted by Crippen LogP contribution is 2.34. The third kappa shape index (κ3) is 4.58. The van der Waals surface area contributed by atoms with E-state index in [1.807, 2.05) is 41.1 Å². The Morgan fingerprint density at radius 1 is 1.00 bits per heavy atom. The van der Waals surface area contributed by atoms with Crippen LogP contribution in [-0.2, 0) is 6.54 Å². The van der Waals surface area contributed by atoms with Gasteiger partial charge in [-0.15, -0.1) is 0 Å². The number of anilines is 1. The van der Waals surface area contributed by atoms with Crippen LogP contribution >= 0.6 is 11.6 Å². The molecule has 4 heterocycles. The van der Waals surface area contributed by atoms with Crippen molar-refractivity contribution in [2.24, 2.45) is 0 Å². The lowest BCUT2D eigenvalue weighted by atomic mass is 9.97. The number of hydrogen-bond donors (Lipinski definition) is 1. The molecule has 1 aliphatic rings. The Labute approximate surface area is 225 Å². The summed E-state index contributed by atoms with van der Waals surface area (Å²) in [7, 11) is 0. The Hall–Kier alpha value is -4.32. The van der Waals surface area contributed by atoms with Crippen molar-refractivity contribution in [3.8, 4) is 28.5 Å². The van der Waals surface area contributed by atoms with Gasteiger partial charge >= 0.3 is 0 Å². The van der Waals surface area contributed by atoms with E-state index in [1.54, 1.807) is 6.20 Å². The third-order valence-electron chi connectivity index (χ3n) is 7.14. The molecule has 0 unspecified atom stereocenters. The van der Waals surface area contributed by atoms with Crippen LogP contribution in [0, 0.1) is 11.3 Å². The number of nitriles is 1. The van der Waals surface area contributed by atoms with Crippen LogP contribution in [0.25, 0.3) is 33.4 Å². The lowest BCUT2D eigenvalue weighted by molar-refractivity contribution is 0.175. The second-order valence-corrected chi connectivity index (χ2v) is 9.85. The van der Waals surface area contributed by atoms with Crippen LogP contribution in [0.4, 0.5) is 5.82 Å². The number of fused-ring (bicyclic) bond motifs is 1. The first-order valence-corrected chi connectivity index (χ1v) is 12.9. The van der Waals surface area contributed by atoms with E-state index in [0.29, 0.717) is 17.4 Å². The van der Waals surface area contributed by atoms with Gasteiger partial charge in [0.05, 0.1) is 28.9 Å². The predicted molar refractivity (Wildman–Crippen MR) is 148 cm³/mol. The van der Waals surface area contributed by atoms with E-state index in [1.165, 1.54) is 11.9 Å². The molecule has 8 nitrogen and oxygen atoms in total. The van der Waals surface area contributed by atoms with Gasteiger partial charge in [-0.2, -0.15) is 10.4 Å². The first kappa shape index (κ1) is 24.0. The molecule has 2 aromatic carbocycles. The van der Waals surface area contributed by atoms with Gasteiger partial charge in [0, 0.05) is 30.8 Å². The van der Waals surface area contributed by atoms with Crippen LogP contribution in [0.2, 0.25) is 5.15 Å². The molecule has 1 aliphatic heterocycles. The molecule has 0 radical (unpaired) electrons. The van der Waals surface area contributed by atoms with Crippen molar-refractivity contribution in [1.82, 2.24) is 29.6 Å². The molecule has 6 rings (SSSR count). The second kappa shape index (κ2) is 10.2. The van der Waals surface area contributed by atoms with E-state index < -0.39 is 0 Å². The number of benzene rings is 2. The van der Waals surface area contributed by atoms with Gasteiger partial charge < -0.3 is 5.73 Å². The fourth-order valence-electron chi connectivity index (χ4n) is 5.12. The van der Waals surface area contributed by atoms with Gasteiger partial charge in [-0.3, -0.25) is 4.90 Å². The Balaban J connectivity index is 1.17. The maximum atomic E-state index is 9.48. The molecule has 0 bridgehead atoms. The monoisotopic (exact) mass is 520 g/mol. The summed E-state index contributed by atoms with van der Waals surface area (Å²) in [4.78, 5) is 15.5. The molecule has 1 fully saturated rings. The summed E-state index contributed by atoms with van der Waals surface area (Å²) in [6.45, 7) is 2.81. The molecule has 0 spiro atoms. The van der Waals surface area contributed by atoms with E-state index in [4.69, 9.17) is 17.3 Å². The summed E-state index contributed by atoms with van der Waals surface area (Å²) >= 11 is 6.33. The number of rotatable bonds is 5. The van der Waals surface area contributed by atoms with E-state index in [0.717, 1.165) is 65.9 Å². The van der Waals surface area contributed by atoms with Crippen molar-refractivity contribution in [2.45, 2.75) is 25.4 Å². The lowest BCUT2D eigenvalue weighted by Crippen LogP contribution is -2.34. The van der Waals surface area contributed by atoms with Crippen molar-refractivity contribution in [3.05, 3.63) is 89.5 Å². The summed E-state index contributed by atoms with van der Waals surface area (Å²) in [5.41, 5.74) is 12.0. The van der Waals surface area contributed by atoms with Crippen LogP contribution in [0.1, 0.15) is 30.0 Å². The summed E-state index contributed by atoms with van der Waals surface area (Å²) < 4.78 is 2.00. The zero-order chi connectivity index (χ0) is 26.1. The minimum atomic E-state index is 0.216. The number of likely N-dealkylation sites (tertiary alicyclic amines) is 1. The number of nitrogens with two attached hydrogens (primary N) is 1. The first-order chi connectivity index (χ1) is 18.6. The number of nitrogen functional groups attached to an aromatic ring is 1. The molecule has 1 saturated heterocycles. The quantitative estimate of drug-likeness (QED) is 0.305. The molecule has 3 aromatic heterocycles. The zero-order valence-electron chi connectivity index (χ0n) is 20.6. The highest BCUT2D eigenvalue weighted by molar-refractivity contribution is 6.30. The van der Waals surface area contributed by atoms with Gasteiger partial charge in [-0.1, -0.05) is 66.2 Å². The van der Waals surface area contributed by atoms with E-state index in [-0.39, 0.29) is 5.15 Å². The topological polar surface area (TPSA) is 110 Å². The number of nitrogens with zero attached hydrogens (tertiary/aromatic N) is 7.